The maximum Gasteiger partial charge on any atom is 0.245 e. The lowest BCUT2D eigenvalue weighted by Crippen LogP contribution is -2.62. The molecule has 0 saturated carbocycles. The van der Waals surface area contributed by atoms with Crippen molar-refractivity contribution < 1.29 is 9.18 Å². The van der Waals surface area contributed by atoms with Crippen molar-refractivity contribution in [2.45, 2.75) is 39.3 Å². The summed E-state index contributed by atoms with van der Waals surface area (Å²) in [6.45, 7) is 9.70. The van der Waals surface area contributed by atoms with Gasteiger partial charge in [-0.3, -0.25) is 4.79 Å². The Bertz CT molecular complexity index is 530. The third kappa shape index (κ3) is 2.88. The monoisotopic (exact) mass is 293 g/mol. The number of nitrogens with one attached hydrogen (secondary N) is 2. The Balaban J connectivity index is 2.48. The second kappa shape index (κ2) is 6.02. The summed E-state index contributed by atoms with van der Waals surface area (Å²) < 4.78 is 14.4. The average Bonchev–Trinajstić information content (AvgIpc) is 2.41. The standard InChI is InChI=1S/C16H24FN3O/c1-5-18-11(2)14-12(17)7-6-8-13(14)20-10-9-19-15(21)16(20,3)4/h6-8,11,18H,5,9-10H2,1-4H3,(H,19,21). The van der Waals surface area contributed by atoms with Crippen molar-refractivity contribution >= 4 is 11.6 Å². The zero-order valence-electron chi connectivity index (χ0n) is 13.2. The second-order valence-corrected chi connectivity index (χ2v) is 5.92. The number of nitrogens with zero attached hydrogens (tertiary/aromatic N) is 1. The molecule has 4 nitrogen and oxygen atoms in total. The summed E-state index contributed by atoms with van der Waals surface area (Å²) in [5.74, 6) is -0.261. The van der Waals surface area contributed by atoms with Crippen molar-refractivity contribution in [1.82, 2.24) is 10.6 Å². The SMILES string of the molecule is CCNC(C)c1c(F)cccc1N1CCNC(=O)C1(C)C. The maximum atomic E-state index is 14.4. The first-order chi connectivity index (χ1) is 9.89. The Labute approximate surface area is 125 Å². The molecule has 0 spiro atoms. The molecule has 1 heterocycles. The lowest BCUT2D eigenvalue weighted by Gasteiger charge is -2.44. The maximum absolute atomic E-state index is 14.4. The summed E-state index contributed by atoms with van der Waals surface area (Å²) in [6.07, 6.45) is 0. The highest BCUT2D eigenvalue weighted by atomic mass is 19.1. The average molecular weight is 293 g/mol. The number of hydrogen-bond acceptors (Lipinski definition) is 3. The van der Waals surface area contributed by atoms with E-state index in [9.17, 15) is 9.18 Å². The van der Waals surface area contributed by atoms with E-state index in [0.29, 0.717) is 18.7 Å². The van der Waals surface area contributed by atoms with Gasteiger partial charge in [0, 0.05) is 30.4 Å². The van der Waals surface area contributed by atoms with Crippen LogP contribution < -0.4 is 15.5 Å². The van der Waals surface area contributed by atoms with Gasteiger partial charge in [-0.25, -0.2) is 4.39 Å². The molecule has 1 aromatic rings. The van der Waals surface area contributed by atoms with Crippen LogP contribution in [0.2, 0.25) is 0 Å². The Morgan fingerprint density at radius 1 is 1.48 bits per heavy atom. The zero-order valence-corrected chi connectivity index (χ0v) is 13.2. The van der Waals surface area contributed by atoms with E-state index in [1.165, 1.54) is 6.07 Å². The van der Waals surface area contributed by atoms with Gasteiger partial charge in [-0.2, -0.15) is 0 Å². The van der Waals surface area contributed by atoms with E-state index in [4.69, 9.17) is 0 Å². The molecule has 1 aliphatic heterocycles. The van der Waals surface area contributed by atoms with Gasteiger partial charge in [-0.1, -0.05) is 13.0 Å². The zero-order chi connectivity index (χ0) is 15.6. The van der Waals surface area contributed by atoms with Crippen LogP contribution in [0, 0.1) is 5.82 Å². The first-order valence-electron chi connectivity index (χ1n) is 7.47. The van der Waals surface area contributed by atoms with Crippen LogP contribution in [0.5, 0.6) is 0 Å². The molecule has 1 unspecified atom stereocenters. The van der Waals surface area contributed by atoms with Gasteiger partial charge < -0.3 is 15.5 Å². The molecular weight excluding hydrogens is 269 g/mol. The molecule has 0 aliphatic carbocycles. The molecule has 1 aromatic carbocycles. The number of benzene rings is 1. The fourth-order valence-electron chi connectivity index (χ4n) is 2.92. The van der Waals surface area contributed by atoms with Crippen LogP contribution in [0.3, 0.4) is 0 Å². The van der Waals surface area contributed by atoms with Crippen molar-refractivity contribution in [1.29, 1.82) is 0 Å². The van der Waals surface area contributed by atoms with Crippen LogP contribution in [0.25, 0.3) is 0 Å². The number of rotatable bonds is 4. The predicted molar refractivity (Wildman–Crippen MR) is 82.9 cm³/mol. The number of hydrogen-bond donors (Lipinski definition) is 2. The molecule has 1 aliphatic rings. The molecule has 1 atom stereocenters. The first kappa shape index (κ1) is 15.8. The highest BCUT2D eigenvalue weighted by Gasteiger charge is 2.39. The van der Waals surface area contributed by atoms with Crippen LogP contribution >= 0.6 is 0 Å². The van der Waals surface area contributed by atoms with Gasteiger partial charge in [0.05, 0.1) is 0 Å². The molecule has 5 heteroatoms. The van der Waals surface area contributed by atoms with E-state index in [-0.39, 0.29) is 17.8 Å². The van der Waals surface area contributed by atoms with Crippen molar-refractivity contribution in [3.63, 3.8) is 0 Å². The van der Waals surface area contributed by atoms with Gasteiger partial charge in [-0.05, 0) is 39.4 Å². The normalized spacial score (nSPS) is 19.3. The molecule has 2 rings (SSSR count). The number of carbonyl (C=O) groups excluding carboxylic acids is 1. The fraction of sp³-hybridized carbons (Fsp3) is 0.562. The molecule has 1 saturated heterocycles. The molecule has 116 valence electrons. The first-order valence-corrected chi connectivity index (χ1v) is 7.47. The van der Waals surface area contributed by atoms with E-state index in [1.807, 2.05) is 38.7 Å². The molecule has 0 bridgehead atoms. The molecule has 0 aromatic heterocycles. The summed E-state index contributed by atoms with van der Waals surface area (Å²) >= 11 is 0. The van der Waals surface area contributed by atoms with E-state index >= 15 is 0 Å². The van der Waals surface area contributed by atoms with E-state index in [2.05, 4.69) is 10.6 Å². The fourth-order valence-corrected chi connectivity index (χ4v) is 2.92. The van der Waals surface area contributed by atoms with Crippen LogP contribution in [-0.2, 0) is 4.79 Å². The molecule has 1 amide bonds. The number of halogens is 1. The van der Waals surface area contributed by atoms with Crippen molar-refractivity contribution in [3.8, 4) is 0 Å². The lowest BCUT2D eigenvalue weighted by molar-refractivity contribution is -0.126. The lowest BCUT2D eigenvalue weighted by atomic mass is 9.95. The number of piperazine rings is 1. The number of anilines is 1. The van der Waals surface area contributed by atoms with Gasteiger partial charge >= 0.3 is 0 Å². The molecule has 1 fully saturated rings. The molecule has 2 N–H and O–H groups in total. The Morgan fingerprint density at radius 2 is 2.19 bits per heavy atom. The number of amides is 1. The summed E-state index contributed by atoms with van der Waals surface area (Å²) in [5.41, 5.74) is 0.734. The third-order valence-electron chi connectivity index (χ3n) is 4.12. The third-order valence-corrected chi connectivity index (χ3v) is 4.12. The van der Waals surface area contributed by atoms with Gasteiger partial charge in [0.1, 0.15) is 11.4 Å². The highest BCUT2D eigenvalue weighted by molar-refractivity contribution is 5.90. The largest absolute Gasteiger partial charge is 0.355 e. The van der Waals surface area contributed by atoms with Crippen LogP contribution in [0.1, 0.15) is 39.3 Å². The van der Waals surface area contributed by atoms with Gasteiger partial charge in [0.2, 0.25) is 5.91 Å². The second-order valence-electron chi connectivity index (χ2n) is 5.92. The molecule has 21 heavy (non-hydrogen) atoms. The van der Waals surface area contributed by atoms with Crippen molar-refractivity contribution in [2.24, 2.45) is 0 Å². The molecule has 0 radical (unpaired) electrons. The van der Waals surface area contributed by atoms with E-state index in [1.54, 1.807) is 6.07 Å². The van der Waals surface area contributed by atoms with Gasteiger partial charge in [0.25, 0.3) is 0 Å². The van der Waals surface area contributed by atoms with Crippen LogP contribution in [0.4, 0.5) is 10.1 Å². The van der Waals surface area contributed by atoms with Crippen LogP contribution in [0.15, 0.2) is 18.2 Å². The minimum Gasteiger partial charge on any atom is -0.355 e. The van der Waals surface area contributed by atoms with Crippen molar-refractivity contribution in [3.05, 3.63) is 29.6 Å². The summed E-state index contributed by atoms with van der Waals surface area (Å²) in [7, 11) is 0. The van der Waals surface area contributed by atoms with E-state index < -0.39 is 5.54 Å². The topological polar surface area (TPSA) is 44.4 Å². The van der Waals surface area contributed by atoms with Gasteiger partial charge in [-0.15, -0.1) is 0 Å². The predicted octanol–water partition coefficient (Wildman–Crippen LogP) is 2.21. The summed E-state index contributed by atoms with van der Waals surface area (Å²) in [4.78, 5) is 14.1. The summed E-state index contributed by atoms with van der Waals surface area (Å²) in [6, 6.07) is 4.97. The Kier molecular flexibility index (Phi) is 4.52. The minimum atomic E-state index is -0.688. The summed E-state index contributed by atoms with van der Waals surface area (Å²) in [5, 5.41) is 6.12. The quantitative estimate of drug-likeness (QED) is 0.894. The minimum absolute atomic E-state index is 0.0277. The highest BCUT2D eigenvalue weighted by Crippen LogP contribution is 2.34. The van der Waals surface area contributed by atoms with E-state index in [0.717, 1.165) is 12.2 Å². The van der Waals surface area contributed by atoms with Crippen LogP contribution in [-0.4, -0.2) is 31.1 Å². The number of carbonyl (C=O) groups is 1. The molecular formula is C16H24FN3O. The Hall–Kier alpha value is -1.62. The smallest absolute Gasteiger partial charge is 0.245 e. The Morgan fingerprint density at radius 3 is 2.86 bits per heavy atom. The van der Waals surface area contributed by atoms with Gasteiger partial charge in [0.15, 0.2) is 0 Å². The van der Waals surface area contributed by atoms with Crippen molar-refractivity contribution in [2.75, 3.05) is 24.5 Å².